The summed E-state index contributed by atoms with van der Waals surface area (Å²) < 4.78 is 4.74. The first kappa shape index (κ1) is 16.7. The van der Waals surface area contributed by atoms with Crippen LogP contribution in [0, 0.1) is 0 Å². The topological polar surface area (TPSA) is 42.4 Å². The molecule has 0 atom stereocenters. The van der Waals surface area contributed by atoms with Crippen molar-refractivity contribution in [3.8, 4) is 0 Å². The molecule has 0 saturated carbocycles. The summed E-state index contributed by atoms with van der Waals surface area (Å²) in [7, 11) is 1.40. The molecule has 0 unspecified atom stereocenters. The smallest absolute Gasteiger partial charge is 0.337 e. The van der Waals surface area contributed by atoms with Crippen molar-refractivity contribution in [2.24, 2.45) is 0 Å². The lowest BCUT2D eigenvalue weighted by atomic mass is 10.1. The highest BCUT2D eigenvalue weighted by molar-refractivity contribution is 5.94. The van der Waals surface area contributed by atoms with Crippen molar-refractivity contribution in [2.45, 2.75) is 19.3 Å². The maximum Gasteiger partial charge on any atom is 0.337 e. The summed E-state index contributed by atoms with van der Waals surface area (Å²) in [4.78, 5) is 18.7. The minimum absolute atomic E-state index is 0. The summed E-state index contributed by atoms with van der Waals surface area (Å²) in [5.74, 6) is -0.310. The van der Waals surface area contributed by atoms with Crippen LogP contribution in [0.5, 0.6) is 0 Å². The van der Waals surface area contributed by atoms with Gasteiger partial charge in [0, 0.05) is 24.0 Å². The highest BCUT2D eigenvalue weighted by Gasteiger charge is 2.11. The van der Waals surface area contributed by atoms with E-state index in [2.05, 4.69) is 16.0 Å². The van der Waals surface area contributed by atoms with Crippen LogP contribution >= 0.6 is 12.4 Å². The fourth-order valence-electron chi connectivity index (χ4n) is 2.83. The number of likely N-dealkylation sites (tertiary alicyclic amines) is 1. The van der Waals surface area contributed by atoms with E-state index in [9.17, 15) is 4.79 Å². The molecule has 22 heavy (non-hydrogen) atoms. The summed E-state index contributed by atoms with van der Waals surface area (Å²) in [5, 5.41) is 0.975. The lowest BCUT2D eigenvalue weighted by Gasteiger charge is -2.13. The largest absolute Gasteiger partial charge is 0.465 e. The van der Waals surface area contributed by atoms with Crippen LogP contribution in [-0.4, -0.2) is 42.6 Å². The van der Waals surface area contributed by atoms with Gasteiger partial charge >= 0.3 is 5.97 Å². The highest BCUT2D eigenvalue weighted by atomic mass is 35.5. The molecular formula is C17H21ClN2O2. The summed E-state index contributed by atoms with van der Waals surface area (Å²) in [6.07, 6.45) is 3.62. The van der Waals surface area contributed by atoms with Gasteiger partial charge in [0.05, 0.1) is 18.2 Å². The molecule has 1 fully saturated rings. The fourth-order valence-corrected chi connectivity index (χ4v) is 2.83. The van der Waals surface area contributed by atoms with Gasteiger partial charge in [0.2, 0.25) is 0 Å². The third-order valence-corrected chi connectivity index (χ3v) is 4.05. The number of aromatic nitrogens is 1. The number of rotatable bonds is 4. The zero-order chi connectivity index (χ0) is 14.7. The molecule has 0 bridgehead atoms. The monoisotopic (exact) mass is 320 g/mol. The Morgan fingerprint density at radius 1 is 1.23 bits per heavy atom. The minimum Gasteiger partial charge on any atom is -0.465 e. The van der Waals surface area contributed by atoms with Gasteiger partial charge in [0.25, 0.3) is 0 Å². The zero-order valence-corrected chi connectivity index (χ0v) is 13.6. The number of halogens is 1. The predicted octanol–water partition coefficient (Wildman–Crippen LogP) is 3.08. The standard InChI is InChI=1S/C17H20N2O2.ClH/c1-21-17(20)14-5-7-16-13(12-14)4-6-15(18-16)8-11-19-9-2-3-10-19;/h4-7,12H,2-3,8-11H2,1H3;1H. The van der Waals surface area contributed by atoms with Crippen LogP contribution in [0.4, 0.5) is 0 Å². The van der Waals surface area contributed by atoms with Gasteiger partial charge in [0.15, 0.2) is 0 Å². The van der Waals surface area contributed by atoms with Gasteiger partial charge in [0.1, 0.15) is 0 Å². The van der Waals surface area contributed by atoms with Gasteiger partial charge < -0.3 is 9.64 Å². The molecule has 3 rings (SSSR count). The second kappa shape index (κ2) is 7.56. The van der Waals surface area contributed by atoms with E-state index in [1.54, 1.807) is 6.07 Å². The van der Waals surface area contributed by atoms with E-state index in [4.69, 9.17) is 4.74 Å². The molecule has 0 radical (unpaired) electrons. The number of fused-ring (bicyclic) bond motifs is 1. The number of hydrogen-bond acceptors (Lipinski definition) is 4. The Balaban J connectivity index is 0.00000176. The van der Waals surface area contributed by atoms with Crippen LogP contribution in [-0.2, 0) is 11.2 Å². The maximum absolute atomic E-state index is 11.5. The molecule has 1 aromatic carbocycles. The van der Waals surface area contributed by atoms with Crippen LogP contribution in [0.2, 0.25) is 0 Å². The van der Waals surface area contributed by atoms with E-state index in [0.717, 1.165) is 29.6 Å². The average Bonchev–Trinajstić information content (AvgIpc) is 3.05. The Hall–Kier alpha value is -1.65. The Morgan fingerprint density at radius 2 is 2.00 bits per heavy atom. The second-order valence-corrected chi connectivity index (χ2v) is 5.50. The van der Waals surface area contributed by atoms with Gasteiger partial charge in [-0.2, -0.15) is 0 Å². The van der Waals surface area contributed by atoms with E-state index < -0.39 is 0 Å². The molecule has 1 aromatic heterocycles. The van der Waals surface area contributed by atoms with E-state index in [-0.39, 0.29) is 18.4 Å². The lowest BCUT2D eigenvalue weighted by Crippen LogP contribution is -2.22. The van der Waals surface area contributed by atoms with E-state index in [0.29, 0.717) is 5.56 Å². The Kier molecular flexibility index (Phi) is 5.75. The molecular weight excluding hydrogens is 300 g/mol. The van der Waals surface area contributed by atoms with Crippen molar-refractivity contribution in [1.82, 2.24) is 9.88 Å². The van der Waals surface area contributed by atoms with Crippen molar-refractivity contribution in [3.05, 3.63) is 41.6 Å². The van der Waals surface area contributed by atoms with Crippen LogP contribution in [0.3, 0.4) is 0 Å². The third-order valence-electron chi connectivity index (χ3n) is 4.05. The Morgan fingerprint density at radius 3 is 2.73 bits per heavy atom. The van der Waals surface area contributed by atoms with Crippen molar-refractivity contribution in [3.63, 3.8) is 0 Å². The van der Waals surface area contributed by atoms with Crippen LogP contribution in [0.15, 0.2) is 30.3 Å². The number of benzene rings is 1. The first-order valence-corrected chi connectivity index (χ1v) is 7.46. The summed E-state index contributed by atoms with van der Waals surface area (Å²) >= 11 is 0. The van der Waals surface area contributed by atoms with Gasteiger partial charge in [-0.3, -0.25) is 4.98 Å². The predicted molar refractivity (Wildman–Crippen MR) is 89.7 cm³/mol. The number of methoxy groups -OCH3 is 1. The van der Waals surface area contributed by atoms with Crippen LogP contribution in [0.25, 0.3) is 10.9 Å². The first-order valence-electron chi connectivity index (χ1n) is 7.46. The van der Waals surface area contributed by atoms with Gasteiger partial charge in [-0.25, -0.2) is 4.79 Å². The molecule has 0 amide bonds. The lowest BCUT2D eigenvalue weighted by molar-refractivity contribution is 0.0601. The minimum atomic E-state index is -0.310. The van der Waals surface area contributed by atoms with Crippen LogP contribution < -0.4 is 0 Å². The molecule has 0 spiro atoms. The molecule has 2 heterocycles. The van der Waals surface area contributed by atoms with Crippen molar-refractivity contribution in [1.29, 1.82) is 0 Å². The van der Waals surface area contributed by atoms with Gasteiger partial charge in [-0.15, -0.1) is 12.4 Å². The molecule has 1 aliphatic heterocycles. The number of ether oxygens (including phenoxy) is 1. The van der Waals surface area contributed by atoms with Crippen molar-refractivity contribution in [2.75, 3.05) is 26.7 Å². The Bertz CT molecular complexity index is 654. The third kappa shape index (κ3) is 3.76. The molecule has 0 aliphatic carbocycles. The number of carbonyl (C=O) groups excluding carboxylic acids is 1. The molecule has 4 nitrogen and oxygen atoms in total. The van der Waals surface area contributed by atoms with Crippen molar-refractivity contribution < 1.29 is 9.53 Å². The molecule has 118 valence electrons. The quantitative estimate of drug-likeness (QED) is 0.812. The molecule has 1 aliphatic rings. The van der Waals surface area contributed by atoms with Gasteiger partial charge in [-0.05, 0) is 50.2 Å². The average molecular weight is 321 g/mol. The number of pyridine rings is 1. The number of esters is 1. The SMILES string of the molecule is COC(=O)c1ccc2nc(CCN3CCCC3)ccc2c1.Cl. The Labute approximate surface area is 136 Å². The van der Waals surface area contributed by atoms with E-state index in [1.807, 2.05) is 18.2 Å². The number of nitrogens with zero attached hydrogens (tertiary/aromatic N) is 2. The summed E-state index contributed by atoms with van der Waals surface area (Å²) in [5.41, 5.74) is 2.61. The molecule has 5 heteroatoms. The second-order valence-electron chi connectivity index (χ2n) is 5.50. The maximum atomic E-state index is 11.5. The molecule has 1 saturated heterocycles. The summed E-state index contributed by atoms with van der Waals surface area (Å²) in [6, 6.07) is 9.58. The van der Waals surface area contributed by atoms with E-state index >= 15 is 0 Å². The van der Waals surface area contributed by atoms with Crippen LogP contribution in [0.1, 0.15) is 28.9 Å². The fraction of sp³-hybridized carbons (Fsp3) is 0.412. The number of carbonyl (C=O) groups is 1. The summed E-state index contributed by atoms with van der Waals surface area (Å²) in [6.45, 7) is 3.52. The number of hydrogen-bond donors (Lipinski definition) is 0. The van der Waals surface area contributed by atoms with Crippen molar-refractivity contribution >= 4 is 29.3 Å². The molecule has 0 N–H and O–H groups in total. The first-order chi connectivity index (χ1) is 10.3. The highest BCUT2D eigenvalue weighted by Crippen LogP contribution is 2.16. The zero-order valence-electron chi connectivity index (χ0n) is 12.7. The van der Waals surface area contributed by atoms with Gasteiger partial charge in [-0.1, -0.05) is 6.07 Å². The molecule has 2 aromatic rings. The van der Waals surface area contributed by atoms with E-state index in [1.165, 1.54) is 33.0 Å². The normalized spacial score (nSPS) is 14.8.